The molecule has 0 saturated carbocycles. The highest BCUT2D eigenvalue weighted by atomic mass is 35.5. The molecule has 2 aromatic rings. The summed E-state index contributed by atoms with van der Waals surface area (Å²) in [5.74, 6) is 0.287. The van der Waals surface area contributed by atoms with Crippen LogP contribution in [0.15, 0.2) is 24.4 Å². The molecule has 1 aliphatic rings. The van der Waals surface area contributed by atoms with Gasteiger partial charge in [0.2, 0.25) is 0 Å². The molecule has 1 aromatic carbocycles. The van der Waals surface area contributed by atoms with Crippen molar-refractivity contribution >= 4 is 28.9 Å². The summed E-state index contributed by atoms with van der Waals surface area (Å²) in [6, 6.07) is 4.05. The van der Waals surface area contributed by atoms with Crippen LogP contribution in [0.3, 0.4) is 0 Å². The molecule has 25 heavy (non-hydrogen) atoms. The molecule has 0 unspecified atom stereocenters. The summed E-state index contributed by atoms with van der Waals surface area (Å²) in [6.07, 6.45) is 3.32. The van der Waals surface area contributed by atoms with Gasteiger partial charge in [0.15, 0.2) is 5.82 Å². The van der Waals surface area contributed by atoms with Crippen molar-refractivity contribution < 1.29 is 4.39 Å². The molecule has 0 spiro atoms. The van der Waals surface area contributed by atoms with E-state index in [2.05, 4.69) is 14.9 Å². The highest BCUT2D eigenvalue weighted by molar-refractivity contribution is 6.31. The van der Waals surface area contributed by atoms with Crippen molar-refractivity contribution in [2.24, 2.45) is 5.73 Å². The Morgan fingerprint density at radius 2 is 2.04 bits per heavy atom. The molecule has 132 valence electrons. The van der Waals surface area contributed by atoms with Crippen LogP contribution in [0.1, 0.15) is 31.0 Å². The van der Waals surface area contributed by atoms with Gasteiger partial charge in [-0.25, -0.2) is 14.4 Å². The van der Waals surface area contributed by atoms with Gasteiger partial charge in [0.05, 0.1) is 16.9 Å². The lowest BCUT2D eigenvalue weighted by atomic mass is 9.91. The van der Waals surface area contributed by atoms with Crippen molar-refractivity contribution in [3.63, 3.8) is 0 Å². The Balaban J connectivity index is 1.82. The molecule has 5 N–H and O–H groups in total. The van der Waals surface area contributed by atoms with Crippen molar-refractivity contribution in [2.75, 3.05) is 23.7 Å². The number of nitrogens with zero attached hydrogens (tertiary/aromatic N) is 3. The van der Waals surface area contributed by atoms with E-state index in [1.54, 1.807) is 6.20 Å². The van der Waals surface area contributed by atoms with Crippen LogP contribution < -0.4 is 16.4 Å². The Kier molecular flexibility index (Phi) is 4.62. The molecule has 1 saturated heterocycles. The summed E-state index contributed by atoms with van der Waals surface area (Å²) < 4.78 is 13.3. The number of nitrogens with two attached hydrogens (primary N) is 2. The molecule has 2 heterocycles. The fourth-order valence-electron chi connectivity index (χ4n) is 2.77. The van der Waals surface area contributed by atoms with Gasteiger partial charge in [0.25, 0.3) is 0 Å². The Labute approximate surface area is 150 Å². The molecule has 0 radical (unpaired) electrons. The topological polar surface area (TPSA) is 105 Å². The lowest BCUT2D eigenvalue weighted by Gasteiger charge is -2.37. The maximum Gasteiger partial charge on any atom is 0.154 e. The second kappa shape index (κ2) is 6.57. The third-order valence-corrected chi connectivity index (χ3v) is 4.75. The molecule has 3 rings (SSSR count). The van der Waals surface area contributed by atoms with Crippen molar-refractivity contribution in [3.05, 3.63) is 46.5 Å². The Morgan fingerprint density at radius 1 is 1.36 bits per heavy atom. The van der Waals surface area contributed by atoms with Gasteiger partial charge in [0, 0.05) is 24.2 Å². The van der Waals surface area contributed by atoms with E-state index in [9.17, 15) is 4.39 Å². The van der Waals surface area contributed by atoms with Gasteiger partial charge in [-0.05, 0) is 38.0 Å². The minimum absolute atomic E-state index is 0.0478. The van der Waals surface area contributed by atoms with Crippen molar-refractivity contribution in [1.82, 2.24) is 9.97 Å². The lowest BCUT2D eigenvalue weighted by Crippen LogP contribution is -2.48. The van der Waals surface area contributed by atoms with Crippen molar-refractivity contribution in [1.29, 1.82) is 5.41 Å². The molecule has 6 nitrogen and oxygen atoms in total. The molecule has 0 amide bonds. The van der Waals surface area contributed by atoms with Crippen LogP contribution in [0.5, 0.6) is 0 Å². The van der Waals surface area contributed by atoms with Crippen LogP contribution in [0.25, 0.3) is 0 Å². The standard InChI is InChI=1S/C17H20ClFN6/c1-17(22)4-6-25(7-5-17)13-9-23-15(16(21)24-13)14(20)10-2-3-12(19)11(18)8-10/h2-3,8-9,20H,4-7,22H2,1H3,(H2,21,24). The average Bonchev–Trinajstić information content (AvgIpc) is 2.56. The molecular formula is C17H20ClFN6. The van der Waals surface area contributed by atoms with Gasteiger partial charge in [-0.3, -0.25) is 5.41 Å². The van der Waals surface area contributed by atoms with E-state index in [-0.39, 0.29) is 27.8 Å². The van der Waals surface area contributed by atoms with Gasteiger partial charge in [0.1, 0.15) is 17.3 Å². The number of nitrogen functional groups attached to an aromatic ring is 1. The van der Waals surface area contributed by atoms with Crippen LogP contribution >= 0.6 is 11.6 Å². The lowest BCUT2D eigenvalue weighted by molar-refractivity contribution is 0.363. The van der Waals surface area contributed by atoms with E-state index in [0.29, 0.717) is 11.4 Å². The monoisotopic (exact) mass is 362 g/mol. The number of aromatic nitrogens is 2. The quantitative estimate of drug-likeness (QED) is 0.728. The molecule has 1 aromatic heterocycles. The van der Waals surface area contributed by atoms with Crippen LogP contribution in [0, 0.1) is 11.2 Å². The summed E-state index contributed by atoms with van der Waals surface area (Å²) in [4.78, 5) is 10.8. The SMILES string of the molecule is CC1(N)CCN(c2cnc(C(=N)c3ccc(F)c(Cl)c3)c(N)n2)CC1. The number of piperidine rings is 1. The Bertz CT molecular complexity index is 813. The first-order valence-corrected chi connectivity index (χ1v) is 8.35. The number of hydrogen-bond acceptors (Lipinski definition) is 6. The molecule has 0 bridgehead atoms. The first-order valence-electron chi connectivity index (χ1n) is 7.97. The maximum absolute atomic E-state index is 13.3. The predicted molar refractivity (Wildman–Crippen MR) is 97.8 cm³/mol. The molecular weight excluding hydrogens is 343 g/mol. The minimum Gasteiger partial charge on any atom is -0.382 e. The van der Waals surface area contributed by atoms with E-state index < -0.39 is 5.82 Å². The smallest absolute Gasteiger partial charge is 0.154 e. The van der Waals surface area contributed by atoms with Crippen LogP contribution in [-0.2, 0) is 0 Å². The molecule has 8 heteroatoms. The summed E-state index contributed by atoms with van der Waals surface area (Å²) in [7, 11) is 0. The fraction of sp³-hybridized carbons (Fsp3) is 0.353. The summed E-state index contributed by atoms with van der Waals surface area (Å²) in [5, 5.41) is 8.20. The molecule has 0 aliphatic carbocycles. The highest BCUT2D eigenvalue weighted by Gasteiger charge is 2.27. The second-order valence-corrected chi connectivity index (χ2v) is 7.01. The van der Waals surface area contributed by atoms with E-state index in [4.69, 9.17) is 28.5 Å². The number of rotatable bonds is 3. The highest BCUT2D eigenvalue weighted by Crippen LogP contribution is 2.25. The van der Waals surface area contributed by atoms with E-state index in [1.807, 2.05) is 6.92 Å². The summed E-state index contributed by atoms with van der Waals surface area (Å²) in [5.41, 5.74) is 12.7. The van der Waals surface area contributed by atoms with Crippen molar-refractivity contribution in [3.8, 4) is 0 Å². The fourth-order valence-corrected chi connectivity index (χ4v) is 2.95. The number of hydrogen-bond donors (Lipinski definition) is 3. The molecule has 1 fully saturated rings. The third kappa shape index (κ3) is 3.72. The molecule has 0 atom stereocenters. The number of benzene rings is 1. The van der Waals surface area contributed by atoms with Gasteiger partial charge >= 0.3 is 0 Å². The zero-order valence-electron chi connectivity index (χ0n) is 13.9. The summed E-state index contributed by atoms with van der Waals surface area (Å²) in [6.45, 7) is 3.61. The van der Waals surface area contributed by atoms with E-state index in [0.717, 1.165) is 25.9 Å². The second-order valence-electron chi connectivity index (χ2n) is 6.61. The largest absolute Gasteiger partial charge is 0.382 e. The zero-order valence-corrected chi connectivity index (χ0v) is 14.6. The van der Waals surface area contributed by atoms with Gasteiger partial charge < -0.3 is 16.4 Å². The van der Waals surface area contributed by atoms with Crippen LogP contribution in [0.2, 0.25) is 5.02 Å². The Hall–Kier alpha value is -2.25. The first kappa shape index (κ1) is 17.6. The zero-order chi connectivity index (χ0) is 18.2. The number of nitrogens with one attached hydrogen (secondary N) is 1. The molecule has 1 aliphatic heterocycles. The van der Waals surface area contributed by atoms with Gasteiger partial charge in [-0.2, -0.15) is 0 Å². The van der Waals surface area contributed by atoms with Gasteiger partial charge in [-0.1, -0.05) is 11.6 Å². The van der Waals surface area contributed by atoms with E-state index >= 15 is 0 Å². The average molecular weight is 363 g/mol. The summed E-state index contributed by atoms with van der Waals surface area (Å²) >= 11 is 5.78. The normalized spacial score (nSPS) is 16.7. The van der Waals surface area contributed by atoms with E-state index in [1.165, 1.54) is 18.2 Å². The van der Waals surface area contributed by atoms with Gasteiger partial charge in [-0.15, -0.1) is 0 Å². The third-order valence-electron chi connectivity index (χ3n) is 4.46. The first-order chi connectivity index (χ1) is 11.8. The van der Waals surface area contributed by atoms with Crippen LogP contribution in [-0.4, -0.2) is 34.3 Å². The van der Waals surface area contributed by atoms with Crippen molar-refractivity contribution in [2.45, 2.75) is 25.3 Å². The minimum atomic E-state index is -0.537. The Morgan fingerprint density at radius 3 is 2.64 bits per heavy atom. The maximum atomic E-state index is 13.3. The predicted octanol–water partition coefficient (Wildman–Crippen LogP) is 2.59. The van der Waals surface area contributed by atoms with Crippen LogP contribution in [0.4, 0.5) is 16.0 Å². The number of anilines is 2. The number of halogens is 2.